The van der Waals surface area contributed by atoms with Crippen LogP contribution in [0, 0.1) is 0 Å². The molecule has 0 amide bonds. The molecule has 0 bridgehead atoms. The Morgan fingerprint density at radius 3 is 1.22 bits per heavy atom. The standard InChI is InChI=1S/C38H23BN4O2/c1-4-34-36-35(5-1)45-33-17-15-29(25-8-12-27(13-9-25)38-42-20-3-21-43-38)23-31(33)39(36)30-22-28(14-16-32(30)44-34)24-6-10-26(11-7-24)37-40-18-2-19-41-37/h1-23H. The van der Waals surface area contributed by atoms with Gasteiger partial charge in [0.1, 0.15) is 23.0 Å². The van der Waals surface area contributed by atoms with E-state index >= 15 is 0 Å². The summed E-state index contributed by atoms with van der Waals surface area (Å²) in [5, 5.41) is 0. The highest BCUT2D eigenvalue weighted by molar-refractivity contribution is 6.98. The summed E-state index contributed by atoms with van der Waals surface area (Å²) in [6, 6.07) is 39.4. The first kappa shape index (κ1) is 25.4. The van der Waals surface area contributed by atoms with Crippen LogP contribution >= 0.6 is 0 Å². The molecule has 2 aromatic heterocycles. The van der Waals surface area contributed by atoms with Crippen molar-refractivity contribution in [2.45, 2.75) is 0 Å². The van der Waals surface area contributed by atoms with Gasteiger partial charge in [0.25, 0.3) is 6.71 Å². The van der Waals surface area contributed by atoms with E-state index in [1.54, 1.807) is 24.8 Å². The summed E-state index contributed by atoms with van der Waals surface area (Å²) in [4.78, 5) is 17.6. The lowest BCUT2D eigenvalue weighted by atomic mass is 9.34. The molecule has 0 saturated carbocycles. The molecule has 6 nitrogen and oxygen atoms in total. The Morgan fingerprint density at radius 1 is 0.378 bits per heavy atom. The SMILES string of the molecule is c1cnc(-c2ccc(-c3ccc4c(c3)B3c5cc(-c6ccc(-c7ncccn7)cc6)ccc5Oc5cccc(c53)O4)cc2)nc1. The molecule has 9 rings (SSSR count). The van der Waals surface area contributed by atoms with Gasteiger partial charge >= 0.3 is 0 Å². The molecule has 0 radical (unpaired) electrons. The van der Waals surface area contributed by atoms with Crippen molar-refractivity contribution in [2.75, 3.05) is 0 Å². The van der Waals surface area contributed by atoms with Crippen LogP contribution in [-0.2, 0) is 0 Å². The molecule has 4 heterocycles. The van der Waals surface area contributed by atoms with Crippen LogP contribution < -0.4 is 25.9 Å². The minimum Gasteiger partial charge on any atom is -0.458 e. The average Bonchev–Trinajstić information content (AvgIpc) is 3.12. The third kappa shape index (κ3) is 4.36. The maximum atomic E-state index is 6.47. The van der Waals surface area contributed by atoms with Crippen LogP contribution in [-0.4, -0.2) is 26.6 Å². The maximum Gasteiger partial charge on any atom is 0.260 e. The van der Waals surface area contributed by atoms with Crippen LogP contribution in [0.4, 0.5) is 0 Å². The highest BCUT2D eigenvalue weighted by atomic mass is 16.5. The van der Waals surface area contributed by atoms with Gasteiger partial charge in [-0.1, -0.05) is 78.9 Å². The fraction of sp³-hybridized carbons (Fsp3) is 0. The molecule has 0 N–H and O–H groups in total. The second-order valence-corrected chi connectivity index (χ2v) is 11.1. The fourth-order valence-electron chi connectivity index (χ4n) is 6.31. The van der Waals surface area contributed by atoms with E-state index in [9.17, 15) is 0 Å². The second-order valence-electron chi connectivity index (χ2n) is 11.1. The Balaban J connectivity index is 1.13. The van der Waals surface area contributed by atoms with Gasteiger partial charge in [-0.2, -0.15) is 0 Å². The van der Waals surface area contributed by atoms with Gasteiger partial charge in [0, 0.05) is 41.4 Å². The highest BCUT2D eigenvalue weighted by Crippen LogP contribution is 2.36. The number of aromatic nitrogens is 4. The quantitative estimate of drug-likeness (QED) is 0.218. The number of hydrogen-bond donors (Lipinski definition) is 0. The van der Waals surface area contributed by atoms with E-state index in [4.69, 9.17) is 9.47 Å². The lowest BCUT2D eigenvalue weighted by molar-refractivity contribution is 0.464. The summed E-state index contributed by atoms with van der Waals surface area (Å²) in [6.45, 7) is -0.0439. The Kier molecular flexibility index (Phi) is 5.81. The fourth-order valence-corrected chi connectivity index (χ4v) is 6.31. The summed E-state index contributed by atoms with van der Waals surface area (Å²) in [5.74, 6) is 4.79. The smallest absolute Gasteiger partial charge is 0.260 e. The second kappa shape index (κ2) is 10.3. The van der Waals surface area contributed by atoms with Gasteiger partial charge in [0.15, 0.2) is 11.6 Å². The Labute approximate surface area is 260 Å². The summed E-state index contributed by atoms with van der Waals surface area (Å²) < 4.78 is 12.9. The Hall–Kier alpha value is -6.08. The third-order valence-corrected chi connectivity index (χ3v) is 8.48. The minimum absolute atomic E-state index is 0.0439. The predicted molar refractivity (Wildman–Crippen MR) is 177 cm³/mol. The average molecular weight is 578 g/mol. The van der Waals surface area contributed by atoms with E-state index in [0.717, 1.165) is 72.8 Å². The first-order valence-corrected chi connectivity index (χ1v) is 14.8. The van der Waals surface area contributed by atoms with Crippen molar-refractivity contribution in [3.63, 3.8) is 0 Å². The van der Waals surface area contributed by atoms with E-state index in [2.05, 4.69) is 105 Å². The van der Waals surface area contributed by atoms with Crippen LogP contribution in [0.2, 0.25) is 0 Å². The number of hydrogen-bond acceptors (Lipinski definition) is 6. The number of fused-ring (bicyclic) bond motifs is 4. The van der Waals surface area contributed by atoms with Crippen LogP contribution in [0.15, 0.2) is 140 Å². The molecule has 2 aliphatic rings. The lowest BCUT2D eigenvalue weighted by Crippen LogP contribution is -2.57. The van der Waals surface area contributed by atoms with Crippen molar-refractivity contribution in [2.24, 2.45) is 0 Å². The first-order chi connectivity index (χ1) is 22.3. The van der Waals surface area contributed by atoms with E-state index in [-0.39, 0.29) is 6.71 Å². The van der Waals surface area contributed by atoms with Gasteiger partial charge in [0.2, 0.25) is 0 Å². The molecule has 0 saturated heterocycles. The highest BCUT2D eigenvalue weighted by Gasteiger charge is 2.40. The van der Waals surface area contributed by atoms with Crippen molar-refractivity contribution < 1.29 is 9.47 Å². The van der Waals surface area contributed by atoms with Crippen LogP contribution in [0.1, 0.15) is 0 Å². The molecule has 0 spiro atoms. The van der Waals surface area contributed by atoms with Gasteiger partial charge in [-0.05, 0) is 69.6 Å². The van der Waals surface area contributed by atoms with E-state index in [1.807, 2.05) is 30.3 Å². The van der Waals surface area contributed by atoms with Gasteiger partial charge < -0.3 is 9.47 Å². The summed E-state index contributed by atoms with van der Waals surface area (Å²) >= 11 is 0. The molecule has 0 unspecified atom stereocenters. The zero-order valence-corrected chi connectivity index (χ0v) is 24.0. The molecule has 45 heavy (non-hydrogen) atoms. The Bertz CT molecular complexity index is 2050. The van der Waals surface area contributed by atoms with Gasteiger partial charge in [0.05, 0.1) is 0 Å². The molecule has 2 aliphatic heterocycles. The summed E-state index contributed by atoms with van der Waals surface area (Å²) in [5.41, 5.74) is 9.69. The molecule has 0 atom stereocenters. The molecule has 0 aliphatic carbocycles. The number of benzene rings is 5. The summed E-state index contributed by atoms with van der Waals surface area (Å²) in [6.07, 6.45) is 7.05. The zero-order valence-electron chi connectivity index (χ0n) is 24.0. The third-order valence-electron chi connectivity index (χ3n) is 8.48. The zero-order chi connectivity index (χ0) is 29.7. The number of rotatable bonds is 4. The Morgan fingerprint density at radius 2 is 0.778 bits per heavy atom. The monoisotopic (exact) mass is 578 g/mol. The number of nitrogens with zero attached hydrogens (tertiary/aromatic N) is 4. The van der Waals surface area contributed by atoms with Crippen molar-refractivity contribution in [3.05, 3.63) is 140 Å². The van der Waals surface area contributed by atoms with Crippen LogP contribution in [0.25, 0.3) is 45.0 Å². The van der Waals surface area contributed by atoms with Crippen molar-refractivity contribution >= 4 is 23.1 Å². The van der Waals surface area contributed by atoms with Crippen LogP contribution in [0.3, 0.4) is 0 Å². The van der Waals surface area contributed by atoms with Gasteiger partial charge in [-0.3, -0.25) is 0 Å². The minimum atomic E-state index is -0.0439. The topological polar surface area (TPSA) is 70.0 Å². The van der Waals surface area contributed by atoms with Crippen molar-refractivity contribution in [1.29, 1.82) is 0 Å². The van der Waals surface area contributed by atoms with E-state index in [1.165, 1.54) is 0 Å². The molecule has 0 fully saturated rings. The lowest BCUT2D eigenvalue weighted by Gasteiger charge is -2.33. The predicted octanol–water partition coefficient (Wildman–Crippen LogP) is 6.66. The van der Waals surface area contributed by atoms with Crippen molar-refractivity contribution in [1.82, 2.24) is 19.9 Å². The van der Waals surface area contributed by atoms with Crippen molar-refractivity contribution in [3.8, 4) is 68.0 Å². The molecular formula is C38H23BN4O2. The molecular weight excluding hydrogens is 555 g/mol. The molecule has 5 aromatic carbocycles. The van der Waals surface area contributed by atoms with E-state index in [0.29, 0.717) is 11.6 Å². The van der Waals surface area contributed by atoms with Gasteiger partial charge in [-0.25, -0.2) is 19.9 Å². The van der Waals surface area contributed by atoms with Gasteiger partial charge in [-0.15, -0.1) is 0 Å². The normalized spacial score (nSPS) is 12.3. The van der Waals surface area contributed by atoms with Crippen LogP contribution in [0.5, 0.6) is 23.0 Å². The summed E-state index contributed by atoms with van der Waals surface area (Å²) in [7, 11) is 0. The molecule has 210 valence electrons. The molecule has 7 heteroatoms. The molecule has 7 aromatic rings. The maximum absolute atomic E-state index is 6.47. The van der Waals surface area contributed by atoms with E-state index < -0.39 is 0 Å². The largest absolute Gasteiger partial charge is 0.458 e. The first-order valence-electron chi connectivity index (χ1n) is 14.8. The number of ether oxygens (including phenoxy) is 2.